The van der Waals surface area contributed by atoms with Crippen molar-refractivity contribution in [2.24, 2.45) is 0 Å². The fourth-order valence-corrected chi connectivity index (χ4v) is 2.77. The maximum atomic E-state index is 8.92. The van der Waals surface area contributed by atoms with E-state index >= 15 is 0 Å². The van der Waals surface area contributed by atoms with E-state index in [2.05, 4.69) is 0 Å². The van der Waals surface area contributed by atoms with Crippen LogP contribution in [0.25, 0.3) is 0 Å². The van der Waals surface area contributed by atoms with Crippen molar-refractivity contribution < 1.29 is 5.11 Å². The number of hydrogen-bond donors (Lipinski definition) is 1. The van der Waals surface area contributed by atoms with Crippen molar-refractivity contribution in [1.82, 2.24) is 0 Å². The van der Waals surface area contributed by atoms with Crippen LogP contribution in [-0.2, 0) is 0 Å². The summed E-state index contributed by atoms with van der Waals surface area (Å²) in [5.41, 5.74) is 0. The molecule has 1 saturated heterocycles. The molecule has 7 heavy (non-hydrogen) atoms. The minimum atomic E-state index is 0.0637. The van der Waals surface area contributed by atoms with Crippen LogP contribution in [-0.4, -0.2) is 26.2 Å². The number of hydrogen-bond acceptors (Lipinski definition) is 1. The molecule has 1 aliphatic heterocycles. The Morgan fingerprint density at radius 3 is 2.71 bits per heavy atom. The second-order valence-electron chi connectivity index (χ2n) is 1.87. The Morgan fingerprint density at radius 1 is 1.57 bits per heavy atom. The van der Waals surface area contributed by atoms with Crippen LogP contribution in [0.1, 0.15) is 12.8 Å². The molecule has 1 nitrogen and oxygen atoms in total. The molecule has 1 heterocycles. The van der Waals surface area contributed by atoms with Gasteiger partial charge >= 0.3 is 49.6 Å². The Labute approximate surface area is 50.3 Å². The van der Waals surface area contributed by atoms with Crippen LogP contribution in [0, 0.1) is 0 Å². The standard InChI is InChI=1S/C5H10OSe/c6-5-2-1-3-7-4-5/h5-6H,1-4H2. The van der Waals surface area contributed by atoms with E-state index in [0.717, 1.165) is 26.7 Å². The topological polar surface area (TPSA) is 20.2 Å². The zero-order valence-electron chi connectivity index (χ0n) is 4.26. The summed E-state index contributed by atoms with van der Waals surface area (Å²) in [5.74, 6) is 0. The van der Waals surface area contributed by atoms with Crippen molar-refractivity contribution in [3.05, 3.63) is 0 Å². The van der Waals surface area contributed by atoms with E-state index in [1.54, 1.807) is 0 Å². The zero-order valence-corrected chi connectivity index (χ0v) is 5.97. The van der Waals surface area contributed by atoms with Crippen molar-refractivity contribution in [1.29, 1.82) is 0 Å². The van der Waals surface area contributed by atoms with Gasteiger partial charge in [-0.15, -0.1) is 0 Å². The van der Waals surface area contributed by atoms with E-state index < -0.39 is 0 Å². The fraction of sp³-hybridized carbons (Fsp3) is 1.00. The van der Waals surface area contributed by atoms with Gasteiger partial charge < -0.3 is 0 Å². The Bertz CT molecular complexity index is 50.0. The summed E-state index contributed by atoms with van der Waals surface area (Å²) < 4.78 is 0. The summed E-state index contributed by atoms with van der Waals surface area (Å²) in [4.78, 5) is 0. The van der Waals surface area contributed by atoms with E-state index in [1.807, 2.05) is 0 Å². The van der Waals surface area contributed by atoms with Crippen molar-refractivity contribution in [2.75, 3.05) is 0 Å². The molecule has 1 rings (SSSR count). The molecule has 0 radical (unpaired) electrons. The summed E-state index contributed by atoms with van der Waals surface area (Å²) in [5, 5.41) is 11.4. The van der Waals surface area contributed by atoms with Crippen LogP contribution in [0.2, 0.25) is 10.6 Å². The molecule has 0 aromatic heterocycles. The van der Waals surface area contributed by atoms with Gasteiger partial charge in [0.05, 0.1) is 0 Å². The predicted octanol–water partition coefficient (Wildman–Crippen LogP) is 0.682. The van der Waals surface area contributed by atoms with E-state index in [-0.39, 0.29) is 6.10 Å². The minimum absolute atomic E-state index is 0.0637. The molecule has 0 amide bonds. The Hall–Kier alpha value is 0.479. The van der Waals surface area contributed by atoms with Crippen LogP contribution in [0.5, 0.6) is 0 Å². The Morgan fingerprint density at radius 2 is 2.43 bits per heavy atom. The van der Waals surface area contributed by atoms with Crippen LogP contribution >= 0.6 is 0 Å². The van der Waals surface area contributed by atoms with Crippen molar-refractivity contribution >= 4 is 15.0 Å². The first-order valence-electron chi connectivity index (χ1n) is 2.65. The second-order valence-corrected chi connectivity index (χ2v) is 4.28. The van der Waals surface area contributed by atoms with Crippen molar-refractivity contribution in [2.45, 2.75) is 29.6 Å². The van der Waals surface area contributed by atoms with Crippen LogP contribution in [0.3, 0.4) is 0 Å². The molecule has 0 aromatic rings. The van der Waals surface area contributed by atoms with Crippen LogP contribution in [0.15, 0.2) is 0 Å². The summed E-state index contributed by atoms with van der Waals surface area (Å²) >= 11 is 0.775. The molecule has 1 unspecified atom stereocenters. The molecule has 1 atom stereocenters. The summed E-state index contributed by atoms with van der Waals surface area (Å²) in [7, 11) is 0. The number of rotatable bonds is 0. The van der Waals surface area contributed by atoms with Gasteiger partial charge in [-0.2, -0.15) is 0 Å². The predicted molar refractivity (Wildman–Crippen MR) is 30.6 cm³/mol. The Balaban J connectivity index is 2.12. The maximum absolute atomic E-state index is 8.92. The molecule has 0 bridgehead atoms. The SMILES string of the molecule is OC1CCC[Se]C1. The molecule has 2 heteroatoms. The molecule has 1 aliphatic rings. The quantitative estimate of drug-likeness (QED) is 0.523. The molecule has 0 aromatic carbocycles. The zero-order chi connectivity index (χ0) is 5.11. The average molecular weight is 165 g/mol. The van der Waals surface area contributed by atoms with Crippen LogP contribution in [0.4, 0.5) is 0 Å². The first-order chi connectivity index (χ1) is 3.39. The monoisotopic (exact) mass is 166 g/mol. The van der Waals surface area contributed by atoms with Gasteiger partial charge in [-0.05, 0) is 0 Å². The molecule has 42 valence electrons. The van der Waals surface area contributed by atoms with Crippen LogP contribution < -0.4 is 0 Å². The third kappa shape index (κ3) is 1.81. The van der Waals surface area contributed by atoms with Gasteiger partial charge in [-0.1, -0.05) is 0 Å². The summed E-state index contributed by atoms with van der Waals surface area (Å²) in [6.45, 7) is 0. The summed E-state index contributed by atoms with van der Waals surface area (Å²) in [6, 6.07) is 0. The van der Waals surface area contributed by atoms with Gasteiger partial charge in [0.15, 0.2) is 0 Å². The Kier molecular flexibility index (Phi) is 2.17. The van der Waals surface area contributed by atoms with Gasteiger partial charge in [0.2, 0.25) is 0 Å². The van der Waals surface area contributed by atoms with Gasteiger partial charge in [0.1, 0.15) is 0 Å². The van der Waals surface area contributed by atoms with E-state index in [4.69, 9.17) is 5.11 Å². The number of aliphatic hydroxyl groups is 1. The summed E-state index contributed by atoms with van der Waals surface area (Å²) in [6.07, 6.45) is 2.39. The van der Waals surface area contributed by atoms with Gasteiger partial charge in [-0.25, -0.2) is 0 Å². The van der Waals surface area contributed by atoms with Crippen molar-refractivity contribution in [3.63, 3.8) is 0 Å². The van der Waals surface area contributed by atoms with Crippen molar-refractivity contribution in [3.8, 4) is 0 Å². The van der Waals surface area contributed by atoms with E-state index in [0.29, 0.717) is 0 Å². The molecular weight excluding hydrogens is 155 g/mol. The molecule has 1 N–H and O–H groups in total. The molecule has 0 spiro atoms. The number of aliphatic hydroxyl groups excluding tert-OH is 1. The first-order valence-corrected chi connectivity index (χ1v) is 5.07. The first kappa shape index (κ1) is 5.61. The molecule has 1 fully saturated rings. The fourth-order valence-electron chi connectivity index (χ4n) is 0.724. The van der Waals surface area contributed by atoms with Gasteiger partial charge in [0.25, 0.3) is 0 Å². The third-order valence-corrected chi connectivity index (χ3v) is 3.65. The van der Waals surface area contributed by atoms with Gasteiger partial charge in [-0.3, -0.25) is 0 Å². The molecule has 0 aliphatic carbocycles. The van der Waals surface area contributed by atoms with E-state index in [1.165, 1.54) is 11.7 Å². The third-order valence-electron chi connectivity index (χ3n) is 1.14. The second kappa shape index (κ2) is 2.71. The van der Waals surface area contributed by atoms with E-state index in [9.17, 15) is 0 Å². The normalized spacial score (nSPS) is 33.0. The molecular formula is C5H10OSe. The molecule has 0 saturated carbocycles. The average Bonchev–Trinajstić information content (AvgIpc) is 1.69. The van der Waals surface area contributed by atoms with Gasteiger partial charge in [0, 0.05) is 0 Å².